The van der Waals surface area contributed by atoms with Crippen molar-refractivity contribution in [2.75, 3.05) is 0 Å². The predicted octanol–water partition coefficient (Wildman–Crippen LogP) is 3.05. The number of hydrazine groups is 1. The van der Waals surface area contributed by atoms with Crippen LogP contribution in [0.1, 0.15) is 12.7 Å². The number of halogens is 2. The van der Waals surface area contributed by atoms with Gasteiger partial charge in [-0.05, 0) is 43.4 Å². The molecular formula is C15H15Cl2N3O3S. The molecule has 0 aliphatic carbocycles. The lowest BCUT2D eigenvalue weighted by Gasteiger charge is -2.17. The van der Waals surface area contributed by atoms with E-state index in [1.165, 1.54) is 6.07 Å². The number of ether oxygens (including phenoxy) is 1. The van der Waals surface area contributed by atoms with Crippen molar-refractivity contribution in [2.45, 2.75) is 19.6 Å². The minimum absolute atomic E-state index is 0.243. The van der Waals surface area contributed by atoms with Gasteiger partial charge in [0, 0.05) is 11.1 Å². The molecule has 0 radical (unpaired) electrons. The first-order valence-electron chi connectivity index (χ1n) is 6.93. The van der Waals surface area contributed by atoms with E-state index in [4.69, 9.17) is 44.6 Å². The zero-order valence-electron chi connectivity index (χ0n) is 12.6. The Kier molecular flexibility index (Phi) is 6.72. The zero-order chi connectivity index (χ0) is 17.5. The number of carbonyl (C=O) groups excluding carboxylic acids is 1. The minimum atomic E-state index is -0.804. The van der Waals surface area contributed by atoms with E-state index in [2.05, 4.69) is 16.2 Å². The van der Waals surface area contributed by atoms with Gasteiger partial charge in [0.25, 0.3) is 5.91 Å². The Bertz CT molecular complexity index is 710. The third kappa shape index (κ3) is 5.59. The van der Waals surface area contributed by atoms with Crippen molar-refractivity contribution in [1.29, 1.82) is 0 Å². The van der Waals surface area contributed by atoms with Crippen LogP contribution in [0.15, 0.2) is 41.0 Å². The third-order valence-electron chi connectivity index (χ3n) is 2.87. The second-order valence-electron chi connectivity index (χ2n) is 4.71. The number of hydrogen-bond acceptors (Lipinski definition) is 4. The quantitative estimate of drug-likeness (QED) is 0.540. The van der Waals surface area contributed by atoms with E-state index in [0.717, 1.165) is 5.76 Å². The molecular weight excluding hydrogens is 373 g/mol. The van der Waals surface area contributed by atoms with E-state index in [1.54, 1.807) is 37.5 Å². The number of rotatable bonds is 5. The molecule has 0 spiro atoms. The van der Waals surface area contributed by atoms with Crippen LogP contribution in [0.4, 0.5) is 0 Å². The van der Waals surface area contributed by atoms with Gasteiger partial charge >= 0.3 is 0 Å². The second-order valence-corrected chi connectivity index (χ2v) is 5.96. The lowest BCUT2D eigenvalue weighted by atomic mass is 10.3. The summed E-state index contributed by atoms with van der Waals surface area (Å²) in [6.45, 7) is 1.98. The van der Waals surface area contributed by atoms with Crippen molar-refractivity contribution in [1.82, 2.24) is 16.2 Å². The molecule has 3 N–H and O–H groups in total. The molecule has 1 aromatic carbocycles. The maximum absolute atomic E-state index is 12.0. The fraction of sp³-hybridized carbons (Fsp3) is 0.200. The van der Waals surface area contributed by atoms with Crippen LogP contribution in [0.2, 0.25) is 10.0 Å². The van der Waals surface area contributed by atoms with Crippen molar-refractivity contribution in [2.24, 2.45) is 0 Å². The molecule has 0 saturated heterocycles. The monoisotopic (exact) mass is 387 g/mol. The zero-order valence-corrected chi connectivity index (χ0v) is 15.0. The van der Waals surface area contributed by atoms with Gasteiger partial charge in [0.05, 0.1) is 17.8 Å². The summed E-state index contributed by atoms with van der Waals surface area (Å²) in [5.74, 6) is 0.622. The Balaban J connectivity index is 1.76. The molecule has 0 bridgehead atoms. The number of amides is 1. The van der Waals surface area contributed by atoms with E-state index < -0.39 is 12.0 Å². The number of hydrogen-bond donors (Lipinski definition) is 3. The molecule has 0 unspecified atom stereocenters. The van der Waals surface area contributed by atoms with Crippen molar-refractivity contribution in [3.05, 3.63) is 52.4 Å². The Hall–Kier alpha value is -1.96. The third-order valence-corrected chi connectivity index (χ3v) is 3.66. The number of nitrogens with one attached hydrogen (secondary N) is 3. The lowest BCUT2D eigenvalue weighted by Crippen LogP contribution is -2.50. The van der Waals surface area contributed by atoms with Gasteiger partial charge in [0.1, 0.15) is 11.5 Å². The van der Waals surface area contributed by atoms with Crippen LogP contribution >= 0.6 is 35.4 Å². The lowest BCUT2D eigenvalue weighted by molar-refractivity contribution is -0.127. The SMILES string of the molecule is C[C@H](Oc1cc(Cl)ccc1Cl)C(=O)NNC(=S)NCc1ccco1. The van der Waals surface area contributed by atoms with Crippen LogP contribution in [-0.4, -0.2) is 17.1 Å². The molecule has 1 heterocycles. The molecule has 0 aliphatic heterocycles. The summed E-state index contributed by atoms with van der Waals surface area (Å²) < 4.78 is 10.6. The van der Waals surface area contributed by atoms with Crippen LogP contribution in [0, 0.1) is 0 Å². The van der Waals surface area contributed by atoms with Gasteiger partial charge in [0.2, 0.25) is 0 Å². The Morgan fingerprint density at radius 3 is 2.83 bits per heavy atom. The molecule has 128 valence electrons. The van der Waals surface area contributed by atoms with Gasteiger partial charge in [-0.25, -0.2) is 0 Å². The average molecular weight is 388 g/mol. The highest BCUT2D eigenvalue weighted by atomic mass is 35.5. The number of thiocarbonyl (C=S) groups is 1. The minimum Gasteiger partial charge on any atom is -0.479 e. The molecule has 1 atom stereocenters. The maximum atomic E-state index is 12.0. The molecule has 2 aromatic rings. The summed E-state index contributed by atoms with van der Waals surface area (Å²) in [5.41, 5.74) is 5.02. The van der Waals surface area contributed by atoms with Crippen molar-refractivity contribution in [3.63, 3.8) is 0 Å². The Morgan fingerprint density at radius 1 is 1.33 bits per heavy atom. The molecule has 24 heavy (non-hydrogen) atoms. The van der Waals surface area contributed by atoms with Crippen LogP contribution in [0.5, 0.6) is 5.75 Å². The first-order valence-corrected chi connectivity index (χ1v) is 8.10. The second kappa shape index (κ2) is 8.77. The van der Waals surface area contributed by atoms with Gasteiger partial charge in [-0.1, -0.05) is 23.2 Å². The van der Waals surface area contributed by atoms with Crippen LogP contribution in [0.3, 0.4) is 0 Å². The fourth-order valence-corrected chi connectivity index (χ4v) is 2.10. The van der Waals surface area contributed by atoms with Gasteiger partial charge in [-0.15, -0.1) is 0 Å². The highest BCUT2D eigenvalue weighted by molar-refractivity contribution is 7.80. The first kappa shape index (κ1) is 18.4. The summed E-state index contributed by atoms with van der Waals surface area (Å²) in [6, 6.07) is 8.34. The van der Waals surface area contributed by atoms with E-state index >= 15 is 0 Å². The van der Waals surface area contributed by atoms with Crippen molar-refractivity contribution < 1.29 is 13.9 Å². The highest BCUT2D eigenvalue weighted by Crippen LogP contribution is 2.28. The normalized spacial score (nSPS) is 11.5. The van der Waals surface area contributed by atoms with Crippen LogP contribution in [-0.2, 0) is 11.3 Å². The van der Waals surface area contributed by atoms with Crippen molar-refractivity contribution >= 4 is 46.4 Å². The van der Waals surface area contributed by atoms with Gasteiger partial charge in [0.15, 0.2) is 11.2 Å². The number of furan rings is 1. The molecule has 1 amide bonds. The Labute approximate surface area is 154 Å². The van der Waals surface area contributed by atoms with Gasteiger partial charge < -0.3 is 14.5 Å². The molecule has 2 rings (SSSR count). The molecule has 0 fully saturated rings. The summed E-state index contributed by atoms with van der Waals surface area (Å²) in [7, 11) is 0. The summed E-state index contributed by atoms with van der Waals surface area (Å²) in [4.78, 5) is 12.0. The summed E-state index contributed by atoms with van der Waals surface area (Å²) in [5, 5.41) is 3.95. The summed E-state index contributed by atoms with van der Waals surface area (Å²) in [6.07, 6.45) is 0.760. The molecule has 9 heteroatoms. The van der Waals surface area contributed by atoms with E-state index in [-0.39, 0.29) is 5.11 Å². The molecule has 1 aromatic heterocycles. The highest BCUT2D eigenvalue weighted by Gasteiger charge is 2.16. The fourth-order valence-electron chi connectivity index (χ4n) is 1.66. The molecule has 0 saturated carbocycles. The molecule has 0 aliphatic rings. The van der Waals surface area contributed by atoms with E-state index in [0.29, 0.717) is 22.3 Å². The standard InChI is InChI=1S/C15H15Cl2N3O3S/c1-9(23-13-7-10(16)4-5-12(13)17)14(21)19-20-15(24)18-8-11-3-2-6-22-11/h2-7,9H,8H2,1H3,(H,19,21)(H2,18,20,24)/t9-/m0/s1. The van der Waals surface area contributed by atoms with Crippen LogP contribution < -0.4 is 20.9 Å². The molecule has 6 nitrogen and oxygen atoms in total. The number of benzene rings is 1. The number of carbonyl (C=O) groups is 1. The van der Waals surface area contributed by atoms with E-state index in [9.17, 15) is 4.79 Å². The van der Waals surface area contributed by atoms with E-state index in [1.807, 2.05) is 0 Å². The summed E-state index contributed by atoms with van der Waals surface area (Å²) >= 11 is 16.9. The van der Waals surface area contributed by atoms with Gasteiger partial charge in [-0.2, -0.15) is 0 Å². The predicted molar refractivity (Wildman–Crippen MR) is 96.0 cm³/mol. The maximum Gasteiger partial charge on any atom is 0.279 e. The average Bonchev–Trinajstić information content (AvgIpc) is 3.07. The topological polar surface area (TPSA) is 75.5 Å². The van der Waals surface area contributed by atoms with Crippen LogP contribution in [0.25, 0.3) is 0 Å². The first-order chi connectivity index (χ1) is 11.5. The van der Waals surface area contributed by atoms with Gasteiger partial charge in [-0.3, -0.25) is 15.6 Å². The largest absolute Gasteiger partial charge is 0.479 e. The Morgan fingerprint density at radius 2 is 2.12 bits per heavy atom. The smallest absolute Gasteiger partial charge is 0.279 e. The van der Waals surface area contributed by atoms with Crippen molar-refractivity contribution in [3.8, 4) is 5.75 Å².